The lowest BCUT2D eigenvalue weighted by molar-refractivity contribution is -0.122. The van der Waals surface area contributed by atoms with Crippen molar-refractivity contribution in [2.75, 3.05) is 19.5 Å². The Hall–Kier alpha value is -2.73. The van der Waals surface area contributed by atoms with Crippen molar-refractivity contribution in [2.24, 2.45) is 5.92 Å². The lowest BCUT2D eigenvalue weighted by atomic mass is 10.0. The molecule has 1 atom stereocenters. The van der Waals surface area contributed by atoms with Crippen molar-refractivity contribution in [3.8, 4) is 11.5 Å². The van der Waals surface area contributed by atoms with Crippen molar-refractivity contribution in [1.29, 1.82) is 0 Å². The van der Waals surface area contributed by atoms with Gasteiger partial charge in [-0.2, -0.15) is 0 Å². The molecule has 2 amide bonds. The maximum atomic E-state index is 13.1. The zero-order valence-electron chi connectivity index (χ0n) is 16.3. The van der Waals surface area contributed by atoms with Crippen LogP contribution in [0.5, 0.6) is 11.5 Å². The summed E-state index contributed by atoms with van der Waals surface area (Å²) in [7, 11) is 3.00. The number of nitrogens with one attached hydrogen (secondary N) is 1. The van der Waals surface area contributed by atoms with Crippen LogP contribution in [0.2, 0.25) is 5.02 Å². The van der Waals surface area contributed by atoms with Gasteiger partial charge in [0.05, 0.1) is 24.9 Å². The topological polar surface area (TPSA) is 67.9 Å². The molecule has 0 spiro atoms. The van der Waals surface area contributed by atoms with Gasteiger partial charge in [0.2, 0.25) is 5.91 Å². The number of carbonyl (C=O) groups excluding carboxylic acids is 2. The Bertz CT molecular complexity index is 913. The summed E-state index contributed by atoms with van der Waals surface area (Å²) < 4.78 is 10.5. The van der Waals surface area contributed by atoms with Crippen LogP contribution in [-0.2, 0) is 11.3 Å². The number of fused-ring (bicyclic) bond motifs is 1. The highest BCUT2D eigenvalue weighted by Crippen LogP contribution is 2.36. The maximum absolute atomic E-state index is 13.1. The molecule has 148 valence electrons. The van der Waals surface area contributed by atoms with E-state index in [-0.39, 0.29) is 17.7 Å². The van der Waals surface area contributed by atoms with Gasteiger partial charge in [-0.15, -0.1) is 0 Å². The lowest BCUT2D eigenvalue weighted by Crippen LogP contribution is -2.47. The summed E-state index contributed by atoms with van der Waals surface area (Å²) in [5.74, 6) is 0.355. The Kier molecular flexibility index (Phi) is 5.79. The molecule has 0 aromatic heterocycles. The van der Waals surface area contributed by atoms with E-state index in [1.54, 1.807) is 23.1 Å². The molecule has 2 aromatic rings. The van der Waals surface area contributed by atoms with E-state index in [0.717, 1.165) is 5.56 Å². The van der Waals surface area contributed by atoms with Crippen LogP contribution in [0.1, 0.15) is 29.8 Å². The molecule has 1 unspecified atom stereocenters. The van der Waals surface area contributed by atoms with Gasteiger partial charge in [0.25, 0.3) is 5.91 Å². The molecule has 1 aliphatic rings. The molecular formula is C21H23ClN2O4. The van der Waals surface area contributed by atoms with E-state index >= 15 is 0 Å². The van der Waals surface area contributed by atoms with Gasteiger partial charge in [-0.3, -0.25) is 9.59 Å². The SMILES string of the molecule is COc1cc(OC)c(NC(=O)C(C(C)C)N2Cc3ccccc3C2=O)cc1Cl. The van der Waals surface area contributed by atoms with E-state index < -0.39 is 6.04 Å². The molecule has 0 bridgehead atoms. The van der Waals surface area contributed by atoms with Crippen molar-refractivity contribution in [1.82, 2.24) is 4.90 Å². The first-order valence-corrected chi connectivity index (χ1v) is 9.36. The Morgan fingerprint density at radius 1 is 1.14 bits per heavy atom. The fraction of sp³-hybridized carbons (Fsp3) is 0.333. The number of hydrogen-bond donors (Lipinski definition) is 1. The van der Waals surface area contributed by atoms with Crippen LogP contribution in [0.15, 0.2) is 36.4 Å². The fourth-order valence-corrected chi connectivity index (χ4v) is 3.71. The first-order chi connectivity index (χ1) is 13.4. The second kappa shape index (κ2) is 8.10. The van der Waals surface area contributed by atoms with Gasteiger partial charge in [-0.1, -0.05) is 43.6 Å². The van der Waals surface area contributed by atoms with Gasteiger partial charge in [0, 0.05) is 18.2 Å². The van der Waals surface area contributed by atoms with Crippen LogP contribution in [0.3, 0.4) is 0 Å². The van der Waals surface area contributed by atoms with E-state index in [1.165, 1.54) is 14.2 Å². The van der Waals surface area contributed by atoms with Crippen LogP contribution in [0.4, 0.5) is 5.69 Å². The molecule has 6 nitrogen and oxygen atoms in total. The minimum Gasteiger partial charge on any atom is -0.495 e. The van der Waals surface area contributed by atoms with E-state index in [4.69, 9.17) is 21.1 Å². The molecule has 0 fully saturated rings. The summed E-state index contributed by atoms with van der Waals surface area (Å²) in [6.07, 6.45) is 0. The molecule has 3 rings (SSSR count). The van der Waals surface area contributed by atoms with Crippen molar-refractivity contribution >= 4 is 29.1 Å². The van der Waals surface area contributed by atoms with E-state index in [9.17, 15) is 9.59 Å². The van der Waals surface area contributed by atoms with Crippen molar-refractivity contribution in [2.45, 2.75) is 26.4 Å². The molecular weight excluding hydrogens is 380 g/mol. The molecule has 2 aromatic carbocycles. The number of benzene rings is 2. The summed E-state index contributed by atoms with van der Waals surface area (Å²) >= 11 is 6.20. The van der Waals surface area contributed by atoms with Crippen molar-refractivity contribution in [3.63, 3.8) is 0 Å². The summed E-state index contributed by atoms with van der Waals surface area (Å²) in [5, 5.41) is 3.21. The normalized spacial score (nSPS) is 14.1. The predicted octanol–water partition coefficient (Wildman–Crippen LogP) is 3.98. The molecule has 1 N–H and O–H groups in total. The average molecular weight is 403 g/mol. The third-order valence-corrected chi connectivity index (χ3v) is 5.11. The smallest absolute Gasteiger partial charge is 0.255 e. The Morgan fingerprint density at radius 2 is 1.82 bits per heavy atom. The van der Waals surface area contributed by atoms with Crippen molar-refractivity contribution < 1.29 is 19.1 Å². The van der Waals surface area contributed by atoms with Gasteiger partial charge >= 0.3 is 0 Å². The highest BCUT2D eigenvalue weighted by Gasteiger charge is 2.38. The number of ether oxygens (including phenoxy) is 2. The molecule has 0 saturated carbocycles. The van der Waals surface area contributed by atoms with E-state index in [1.807, 2.05) is 32.0 Å². The standard InChI is InChI=1S/C21H23ClN2O4/c1-12(2)19(24-11-13-7-5-6-8-14(13)21(24)26)20(25)23-16-9-15(22)17(27-3)10-18(16)28-4/h5-10,12,19H,11H2,1-4H3,(H,23,25). The number of hydrogen-bond acceptors (Lipinski definition) is 4. The summed E-state index contributed by atoms with van der Waals surface area (Å²) in [5.41, 5.74) is 2.00. The van der Waals surface area contributed by atoms with Crippen LogP contribution in [-0.4, -0.2) is 37.0 Å². The molecule has 0 radical (unpaired) electrons. The van der Waals surface area contributed by atoms with Gasteiger partial charge in [0.1, 0.15) is 17.5 Å². The molecule has 0 saturated heterocycles. The average Bonchev–Trinajstić information content (AvgIpc) is 2.98. The second-order valence-corrected chi connectivity index (χ2v) is 7.36. The largest absolute Gasteiger partial charge is 0.495 e. The highest BCUT2D eigenvalue weighted by atomic mass is 35.5. The molecule has 0 aliphatic carbocycles. The fourth-order valence-electron chi connectivity index (χ4n) is 3.47. The monoisotopic (exact) mass is 402 g/mol. The number of methoxy groups -OCH3 is 2. The third kappa shape index (κ3) is 3.64. The maximum Gasteiger partial charge on any atom is 0.255 e. The van der Waals surface area contributed by atoms with Crippen LogP contribution in [0.25, 0.3) is 0 Å². The Morgan fingerprint density at radius 3 is 2.43 bits per heavy atom. The zero-order valence-corrected chi connectivity index (χ0v) is 17.0. The minimum absolute atomic E-state index is 0.0852. The zero-order chi connectivity index (χ0) is 20.4. The predicted molar refractivity (Wildman–Crippen MR) is 108 cm³/mol. The quantitative estimate of drug-likeness (QED) is 0.793. The summed E-state index contributed by atoms with van der Waals surface area (Å²) in [4.78, 5) is 27.6. The molecule has 1 heterocycles. The van der Waals surface area contributed by atoms with Crippen LogP contribution >= 0.6 is 11.6 Å². The van der Waals surface area contributed by atoms with Gasteiger partial charge in [0.15, 0.2) is 0 Å². The number of amides is 2. The first-order valence-electron chi connectivity index (χ1n) is 8.98. The molecule has 28 heavy (non-hydrogen) atoms. The number of rotatable bonds is 6. The van der Waals surface area contributed by atoms with Gasteiger partial charge in [-0.05, 0) is 23.6 Å². The van der Waals surface area contributed by atoms with Gasteiger partial charge < -0.3 is 19.7 Å². The minimum atomic E-state index is -0.634. The first kappa shape index (κ1) is 20.0. The van der Waals surface area contributed by atoms with Crippen LogP contribution in [0, 0.1) is 5.92 Å². The lowest BCUT2D eigenvalue weighted by Gasteiger charge is -2.30. The summed E-state index contributed by atoms with van der Waals surface area (Å²) in [6, 6.07) is 9.98. The Labute approximate surface area is 169 Å². The Balaban J connectivity index is 1.88. The number of anilines is 1. The highest BCUT2D eigenvalue weighted by molar-refractivity contribution is 6.32. The number of carbonyl (C=O) groups is 2. The second-order valence-electron chi connectivity index (χ2n) is 6.96. The van der Waals surface area contributed by atoms with Crippen molar-refractivity contribution in [3.05, 3.63) is 52.5 Å². The van der Waals surface area contributed by atoms with Gasteiger partial charge in [-0.25, -0.2) is 0 Å². The van der Waals surface area contributed by atoms with Crippen LogP contribution < -0.4 is 14.8 Å². The van der Waals surface area contributed by atoms with E-state index in [0.29, 0.717) is 34.3 Å². The summed E-state index contributed by atoms with van der Waals surface area (Å²) in [6.45, 7) is 4.24. The molecule has 7 heteroatoms. The third-order valence-electron chi connectivity index (χ3n) is 4.82. The molecule has 1 aliphatic heterocycles. The number of nitrogens with zero attached hydrogens (tertiary/aromatic N) is 1. The van der Waals surface area contributed by atoms with E-state index in [2.05, 4.69) is 5.32 Å². The number of halogens is 1.